The third-order valence-electron chi connectivity index (χ3n) is 7.05. The Morgan fingerprint density at radius 1 is 0.833 bits per heavy atom. The number of carboxylic acids is 1. The van der Waals surface area contributed by atoms with Crippen molar-refractivity contribution in [2.75, 3.05) is 10.8 Å². The maximum atomic E-state index is 13.4. The van der Waals surface area contributed by atoms with Crippen molar-refractivity contribution in [3.05, 3.63) is 88.7 Å². The molecular weight excluding hydrogens is 810 g/mol. The molecule has 0 aliphatic carbocycles. The zero-order chi connectivity index (χ0) is 40.8. The Bertz CT molecular complexity index is 2260. The molecule has 26 heteroatoms. The van der Waals surface area contributed by atoms with E-state index in [-0.39, 0.29) is 46.3 Å². The number of rotatable bonds is 7. The second-order valence-corrected chi connectivity index (χ2v) is 14.3. The molecule has 12 nitrogen and oxygen atoms in total. The number of carbonyl (C=O) groups is 2. The van der Waals surface area contributed by atoms with Crippen molar-refractivity contribution in [1.82, 2.24) is 19.4 Å². The molecule has 4 N–H and O–H groups in total. The summed E-state index contributed by atoms with van der Waals surface area (Å²) < 4.78 is 208. The number of aromatic amines is 1. The molecule has 2 heterocycles. The van der Waals surface area contributed by atoms with E-state index >= 15 is 0 Å². The van der Waals surface area contributed by atoms with E-state index in [0.717, 1.165) is 10.4 Å². The molecule has 1 atom stereocenters. The van der Waals surface area contributed by atoms with Gasteiger partial charge in [0.15, 0.2) is 0 Å². The van der Waals surface area contributed by atoms with Crippen molar-refractivity contribution >= 4 is 48.8 Å². The van der Waals surface area contributed by atoms with Crippen molar-refractivity contribution in [2.45, 2.75) is 42.1 Å². The van der Waals surface area contributed by atoms with Gasteiger partial charge in [-0.2, -0.15) is 61.1 Å². The lowest BCUT2D eigenvalue weighted by molar-refractivity contribution is -0.192. The van der Waals surface area contributed by atoms with Crippen LogP contribution in [0.3, 0.4) is 0 Å². The highest BCUT2D eigenvalue weighted by atomic mass is 32.2. The van der Waals surface area contributed by atoms with Crippen LogP contribution in [0.2, 0.25) is 0 Å². The normalized spacial score (nSPS) is 15.8. The molecule has 1 aromatic heterocycles. The van der Waals surface area contributed by atoms with Gasteiger partial charge in [0.1, 0.15) is 12.4 Å². The number of aromatic nitrogens is 2. The lowest BCUT2D eigenvalue weighted by atomic mass is 10.1. The molecule has 294 valence electrons. The number of imidazole rings is 1. The van der Waals surface area contributed by atoms with Crippen LogP contribution in [0.25, 0.3) is 11.0 Å². The van der Waals surface area contributed by atoms with Gasteiger partial charge in [-0.15, -0.1) is 0 Å². The number of carbonyl (C=O) groups excluding carboxylic acids is 1. The van der Waals surface area contributed by atoms with E-state index in [4.69, 9.17) is 9.90 Å². The van der Waals surface area contributed by atoms with Crippen molar-refractivity contribution in [1.29, 1.82) is 0 Å². The number of hydrogen-bond acceptors (Lipinski definition) is 7. The topological polar surface area (TPSA) is 179 Å². The minimum atomic E-state index is -5.37. The van der Waals surface area contributed by atoms with Gasteiger partial charge >= 0.3 is 40.9 Å². The molecule has 1 amide bonds. The highest BCUT2D eigenvalue weighted by Gasteiger charge is 2.40. The summed E-state index contributed by atoms with van der Waals surface area (Å²) in [6.07, 6.45) is -21.0. The van der Waals surface area contributed by atoms with E-state index in [0.29, 0.717) is 12.1 Å². The quantitative estimate of drug-likeness (QED) is 0.172. The number of nitrogens with one attached hydrogen (secondary N) is 3. The van der Waals surface area contributed by atoms with Crippen LogP contribution in [-0.2, 0) is 54.8 Å². The first kappa shape index (κ1) is 41.6. The Morgan fingerprint density at radius 2 is 1.35 bits per heavy atom. The van der Waals surface area contributed by atoms with Gasteiger partial charge < -0.3 is 10.1 Å². The van der Waals surface area contributed by atoms with E-state index in [1.807, 2.05) is 4.72 Å². The number of hydrogen-bond donors (Lipinski definition) is 4. The number of anilines is 1. The van der Waals surface area contributed by atoms with Crippen molar-refractivity contribution in [3.63, 3.8) is 0 Å². The molecule has 0 bridgehead atoms. The summed E-state index contributed by atoms with van der Waals surface area (Å²) in [6.45, 7) is -0.542. The number of aliphatic carboxylic acids is 1. The number of sulfonamides is 1. The maximum Gasteiger partial charge on any atom is 0.490 e. The summed E-state index contributed by atoms with van der Waals surface area (Å²) in [7, 11) is -9.42. The van der Waals surface area contributed by atoms with Gasteiger partial charge in [0.05, 0.1) is 44.3 Å². The zero-order valence-electron chi connectivity index (χ0n) is 25.9. The van der Waals surface area contributed by atoms with Crippen molar-refractivity contribution in [3.8, 4) is 0 Å². The number of benzene rings is 3. The molecule has 0 spiro atoms. The van der Waals surface area contributed by atoms with Gasteiger partial charge in [0.25, 0.3) is 5.91 Å². The van der Waals surface area contributed by atoms with Gasteiger partial charge in [0.2, 0.25) is 10.0 Å². The van der Waals surface area contributed by atoms with E-state index in [9.17, 15) is 74.3 Å². The molecule has 1 aliphatic heterocycles. The molecule has 1 aliphatic rings. The van der Waals surface area contributed by atoms with Crippen LogP contribution >= 0.6 is 0 Å². The fourth-order valence-electron chi connectivity index (χ4n) is 4.61. The molecule has 3 aromatic carbocycles. The average Bonchev–Trinajstić information content (AvgIpc) is 3.58. The summed E-state index contributed by atoms with van der Waals surface area (Å²) in [4.78, 5) is 25.7. The molecule has 4 aromatic rings. The van der Waals surface area contributed by atoms with Crippen LogP contribution in [0, 0.1) is 0 Å². The fourth-order valence-corrected chi connectivity index (χ4v) is 7.03. The van der Waals surface area contributed by atoms with Crippen LogP contribution in [0.15, 0.2) is 65.6 Å². The Hall–Kier alpha value is -5.11. The Balaban J connectivity index is 0.000000845. The third kappa shape index (κ3) is 9.90. The summed E-state index contributed by atoms with van der Waals surface area (Å²) in [6, 6.07) is 5.44. The summed E-state index contributed by atoms with van der Waals surface area (Å²) in [5.41, 5.74) is -5.00. The lowest BCUT2D eigenvalue weighted by Gasteiger charge is -2.20. The van der Waals surface area contributed by atoms with Crippen molar-refractivity contribution < 1.29 is 84.2 Å². The highest BCUT2D eigenvalue weighted by Crippen LogP contribution is 2.38. The molecule has 0 saturated carbocycles. The number of H-pyrrole nitrogens is 1. The largest absolute Gasteiger partial charge is 0.490 e. The van der Waals surface area contributed by atoms with Gasteiger partial charge in [0, 0.05) is 0 Å². The zero-order valence-corrected chi connectivity index (χ0v) is 27.5. The van der Waals surface area contributed by atoms with Gasteiger partial charge in [-0.25, -0.2) is 31.9 Å². The van der Waals surface area contributed by atoms with Gasteiger partial charge in [-0.3, -0.25) is 4.79 Å². The van der Waals surface area contributed by atoms with E-state index in [1.165, 1.54) is 24.3 Å². The number of amides is 1. The monoisotopic (exact) mass is 829 g/mol. The molecule has 0 radical (unpaired) electrons. The third-order valence-corrected chi connectivity index (χ3v) is 9.91. The van der Waals surface area contributed by atoms with Crippen LogP contribution in [-0.4, -0.2) is 56.5 Å². The smallest absolute Gasteiger partial charge is 0.475 e. The fraction of sp³-hybridized carbons (Fsp3) is 0.250. The summed E-state index contributed by atoms with van der Waals surface area (Å²) >= 11 is 0. The van der Waals surface area contributed by atoms with Crippen LogP contribution < -0.4 is 13.7 Å². The average molecular weight is 830 g/mol. The number of halogens is 12. The van der Waals surface area contributed by atoms with Crippen LogP contribution in [0.5, 0.6) is 0 Å². The Morgan fingerprint density at radius 3 is 1.80 bits per heavy atom. The maximum absolute atomic E-state index is 13.4. The van der Waals surface area contributed by atoms with Crippen LogP contribution in [0.4, 0.5) is 58.4 Å². The predicted octanol–water partition coefficient (Wildman–Crippen LogP) is 5.70. The summed E-state index contributed by atoms with van der Waals surface area (Å²) in [5, 5.41) is 7.12. The SMILES string of the molecule is O=C(O)C(F)(F)F.O=C1CN(c2ccc(C[C@H](NS(=O)(=O)c3cc(C(F)(F)F)cc(C(F)(F)F)c3)c3nc4ccc(C(F)(F)F)cc4[nH]3)cc2)S(=O)(=O)N1. The number of carboxylic acid groups (broad SMARTS) is 1. The van der Waals surface area contributed by atoms with E-state index < -0.39 is 97.4 Å². The predicted molar refractivity (Wildman–Crippen MR) is 159 cm³/mol. The molecular formula is C28H19F12N5O7S2. The summed E-state index contributed by atoms with van der Waals surface area (Å²) in [5.74, 6) is -3.93. The number of fused-ring (bicyclic) bond motifs is 1. The van der Waals surface area contributed by atoms with E-state index in [2.05, 4.69) is 9.97 Å². The molecule has 54 heavy (non-hydrogen) atoms. The lowest BCUT2D eigenvalue weighted by Crippen LogP contribution is -2.31. The highest BCUT2D eigenvalue weighted by molar-refractivity contribution is 7.92. The Labute approximate surface area is 294 Å². The second kappa shape index (κ2) is 14.3. The first-order valence-electron chi connectivity index (χ1n) is 14.1. The number of alkyl halides is 12. The minimum Gasteiger partial charge on any atom is -0.475 e. The van der Waals surface area contributed by atoms with Gasteiger partial charge in [-0.1, -0.05) is 12.1 Å². The standard InChI is InChI=1S/C26H18F9N5O5S2.C2HF3O2/c27-24(28,29)14-3-6-19-20(11-14)37-23(36-19)21(7-13-1-4-17(5-2-13)40-12-22(41)39-47(40,44)45)38-46(42,43)18-9-15(25(30,31)32)8-16(10-18)26(33,34)35;3-2(4,5)1(6)7/h1-6,8-11,21,38H,7,12H2,(H,36,37)(H,39,41);(H,6,7)/t21-;/m0./s1. The van der Waals surface area contributed by atoms with E-state index in [1.54, 1.807) is 4.72 Å². The first-order valence-corrected chi connectivity index (χ1v) is 17.0. The second-order valence-electron chi connectivity index (χ2n) is 11.0. The Kier molecular flexibility index (Phi) is 11.0. The minimum absolute atomic E-state index is 0.0104. The molecule has 1 saturated heterocycles. The molecule has 0 unspecified atom stereocenters. The molecule has 1 fully saturated rings. The van der Waals surface area contributed by atoms with Crippen molar-refractivity contribution in [2.24, 2.45) is 0 Å². The first-order chi connectivity index (χ1) is 24.5. The number of nitrogens with zero attached hydrogens (tertiary/aromatic N) is 2. The van der Waals surface area contributed by atoms with Gasteiger partial charge in [-0.05, 0) is 60.5 Å². The molecule has 5 rings (SSSR count). The van der Waals surface area contributed by atoms with Crippen LogP contribution in [0.1, 0.15) is 34.1 Å².